The van der Waals surface area contributed by atoms with E-state index in [1.54, 1.807) is 13.1 Å². The van der Waals surface area contributed by atoms with Crippen molar-refractivity contribution in [2.24, 2.45) is 0 Å². The summed E-state index contributed by atoms with van der Waals surface area (Å²) in [6.45, 7) is 6.46. The number of imidazole rings is 1. The first-order valence-electron chi connectivity index (χ1n) is 12.1. The van der Waals surface area contributed by atoms with E-state index in [1.807, 2.05) is 25.3 Å². The van der Waals surface area contributed by atoms with Crippen molar-refractivity contribution in [1.29, 1.82) is 0 Å². The van der Waals surface area contributed by atoms with Gasteiger partial charge in [-0.1, -0.05) is 61.9 Å². The number of nitrogens with zero attached hydrogens (tertiary/aromatic N) is 7. The van der Waals surface area contributed by atoms with E-state index in [4.69, 9.17) is 4.98 Å². The monoisotopic (exact) mass is 480 g/mol. The van der Waals surface area contributed by atoms with E-state index in [0.717, 1.165) is 52.1 Å². The molecule has 9 nitrogen and oxygen atoms in total. The molecule has 3 aromatic heterocycles. The summed E-state index contributed by atoms with van der Waals surface area (Å²) in [5.41, 5.74) is 6.75. The second-order valence-corrected chi connectivity index (χ2v) is 8.91. The van der Waals surface area contributed by atoms with E-state index in [2.05, 4.69) is 73.5 Å². The molecule has 0 bridgehead atoms. The highest BCUT2D eigenvalue weighted by Gasteiger charge is 2.21. The van der Waals surface area contributed by atoms with Gasteiger partial charge in [0.05, 0.1) is 6.20 Å². The lowest BCUT2D eigenvalue weighted by atomic mass is 10.0. The average Bonchev–Trinajstić information content (AvgIpc) is 3.57. The zero-order valence-corrected chi connectivity index (χ0v) is 20.6. The third kappa shape index (κ3) is 4.72. The molecule has 182 valence electrons. The fourth-order valence-electron chi connectivity index (χ4n) is 4.25. The fraction of sp³-hybridized carbons (Fsp3) is 0.259. The molecule has 0 atom stereocenters. The SMILES string of the molecule is CCCCc1nc(-c2c(C)ncc(C)[n+]2[O-])cn1Cc1ccc(-c2ccc(-c3nn[nH]n3)cc2)cc1. The largest absolute Gasteiger partial charge is 0.618 e. The van der Waals surface area contributed by atoms with Gasteiger partial charge >= 0.3 is 0 Å². The van der Waals surface area contributed by atoms with Crippen molar-refractivity contribution in [1.82, 2.24) is 35.2 Å². The van der Waals surface area contributed by atoms with Gasteiger partial charge in [0.2, 0.25) is 11.5 Å². The van der Waals surface area contributed by atoms with Gasteiger partial charge in [-0.05, 0) is 35.2 Å². The van der Waals surface area contributed by atoms with Gasteiger partial charge in [-0.3, -0.25) is 0 Å². The summed E-state index contributed by atoms with van der Waals surface area (Å²) in [5, 5.41) is 26.9. The topological polar surface area (TPSA) is 112 Å². The molecule has 0 aliphatic rings. The maximum atomic E-state index is 12.8. The molecular formula is C27H28N8O. The van der Waals surface area contributed by atoms with Crippen molar-refractivity contribution in [3.05, 3.63) is 88.9 Å². The van der Waals surface area contributed by atoms with Crippen LogP contribution in [0.5, 0.6) is 0 Å². The molecule has 36 heavy (non-hydrogen) atoms. The predicted molar refractivity (Wildman–Crippen MR) is 137 cm³/mol. The number of tetrazole rings is 1. The van der Waals surface area contributed by atoms with Gasteiger partial charge in [0.15, 0.2) is 5.69 Å². The number of rotatable bonds is 8. The molecular weight excluding hydrogens is 452 g/mol. The van der Waals surface area contributed by atoms with Crippen LogP contribution in [0.1, 0.15) is 42.5 Å². The second kappa shape index (κ2) is 10.1. The van der Waals surface area contributed by atoms with Crippen LogP contribution < -0.4 is 4.73 Å². The van der Waals surface area contributed by atoms with Gasteiger partial charge in [0, 0.05) is 31.6 Å². The van der Waals surface area contributed by atoms with Gasteiger partial charge in [0.25, 0.3) is 5.69 Å². The normalized spacial score (nSPS) is 11.2. The van der Waals surface area contributed by atoms with Crippen molar-refractivity contribution >= 4 is 0 Å². The van der Waals surface area contributed by atoms with Crippen molar-refractivity contribution in [3.63, 3.8) is 0 Å². The van der Waals surface area contributed by atoms with Crippen LogP contribution in [0.2, 0.25) is 0 Å². The van der Waals surface area contributed by atoms with Crippen molar-refractivity contribution in [2.75, 3.05) is 0 Å². The predicted octanol–water partition coefficient (Wildman–Crippen LogP) is 4.43. The molecule has 1 N–H and O–H groups in total. The van der Waals surface area contributed by atoms with E-state index in [-0.39, 0.29) is 0 Å². The molecule has 0 fully saturated rings. The summed E-state index contributed by atoms with van der Waals surface area (Å²) in [5.74, 6) is 1.56. The van der Waals surface area contributed by atoms with Crippen molar-refractivity contribution in [3.8, 4) is 33.9 Å². The Bertz CT molecular complexity index is 1460. The number of hydrogen-bond donors (Lipinski definition) is 1. The van der Waals surface area contributed by atoms with E-state index in [9.17, 15) is 5.21 Å². The molecule has 3 heterocycles. The smallest absolute Gasteiger partial charge is 0.265 e. The third-order valence-corrected chi connectivity index (χ3v) is 6.30. The van der Waals surface area contributed by atoms with Gasteiger partial charge in [0.1, 0.15) is 11.5 Å². The third-order valence-electron chi connectivity index (χ3n) is 6.30. The van der Waals surface area contributed by atoms with Crippen LogP contribution in [0.25, 0.3) is 33.9 Å². The maximum absolute atomic E-state index is 12.8. The van der Waals surface area contributed by atoms with Crippen LogP contribution in [0.3, 0.4) is 0 Å². The Hall–Kier alpha value is -4.40. The minimum atomic E-state index is 0.520. The number of benzene rings is 2. The molecule has 2 aromatic carbocycles. The molecule has 0 aliphatic heterocycles. The van der Waals surface area contributed by atoms with Crippen LogP contribution in [0, 0.1) is 19.1 Å². The van der Waals surface area contributed by atoms with Gasteiger partial charge in [-0.15, -0.1) is 10.2 Å². The molecule has 0 radical (unpaired) electrons. The first-order valence-corrected chi connectivity index (χ1v) is 12.1. The van der Waals surface area contributed by atoms with Gasteiger partial charge in [-0.2, -0.15) is 9.94 Å². The van der Waals surface area contributed by atoms with Gasteiger partial charge in [-0.25, -0.2) is 9.97 Å². The van der Waals surface area contributed by atoms with Crippen LogP contribution in [-0.2, 0) is 13.0 Å². The number of aromatic amines is 1. The van der Waals surface area contributed by atoms with Gasteiger partial charge < -0.3 is 9.77 Å². The molecule has 0 amide bonds. The van der Waals surface area contributed by atoms with Crippen LogP contribution in [0.4, 0.5) is 0 Å². The Balaban J connectivity index is 1.39. The second-order valence-electron chi connectivity index (χ2n) is 8.91. The Morgan fingerprint density at radius 2 is 1.67 bits per heavy atom. The first kappa shape index (κ1) is 23.3. The Morgan fingerprint density at radius 1 is 0.972 bits per heavy atom. The van der Waals surface area contributed by atoms with E-state index in [0.29, 0.717) is 35.1 Å². The number of hydrogen-bond acceptors (Lipinski definition) is 6. The van der Waals surface area contributed by atoms with Crippen molar-refractivity contribution < 1.29 is 4.73 Å². The number of H-pyrrole nitrogens is 1. The number of nitrogens with one attached hydrogen (secondary N) is 1. The lowest BCUT2D eigenvalue weighted by molar-refractivity contribution is -0.601. The number of aryl methyl sites for hydroxylation is 3. The molecule has 0 aliphatic carbocycles. The summed E-state index contributed by atoms with van der Waals surface area (Å²) in [7, 11) is 0. The molecule has 5 rings (SSSR count). The molecule has 0 saturated carbocycles. The highest BCUT2D eigenvalue weighted by Crippen LogP contribution is 2.24. The molecule has 5 aromatic rings. The summed E-state index contributed by atoms with van der Waals surface area (Å²) in [6.07, 6.45) is 6.56. The molecule has 0 spiro atoms. The minimum Gasteiger partial charge on any atom is -0.618 e. The number of aromatic nitrogens is 8. The summed E-state index contributed by atoms with van der Waals surface area (Å²) in [4.78, 5) is 9.23. The summed E-state index contributed by atoms with van der Waals surface area (Å²) < 4.78 is 3.08. The van der Waals surface area contributed by atoms with Crippen LogP contribution in [0.15, 0.2) is 60.9 Å². The van der Waals surface area contributed by atoms with E-state index >= 15 is 0 Å². The lowest BCUT2D eigenvalue weighted by Gasteiger charge is -2.09. The zero-order chi connectivity index (χ0) is 25.1. The minimum absolute atomic E-state index is 0.520. The standard InChI is InChI=1S/C27H28N8O/c1-4-5-6-25-29-24(26-19(3)28-15-18(2)35(26)36)17-34(25)16-20-7-9-21(10-8-20)22-11-13-23(14-12-22)27-30-32-33-31-27/h7-15,17H,4-6,16H2,1-3H3,(H,30,31,32,33). The molecule has 9 heteroatoms. The lowest BCUT2D eigenvalue weighted by Crippen LogP contribution is -2.34. The van der Waals surface area contributed by atoms with E-state index in [1.165, 1.54) is 0 Å². The molecule has 0 saturated heterocycles. The maximum Gasteiger partial charge on any atom is 0.265 e. The zero-order valence-electron chi connectivity index (χ0n) is 20.6. The average molecular weight is 481 g/mol. The van der Waals surface area contributed by atoms with Crippen LogP contribution in [-0.4, -0.2) is 35.2 Å². The number of unbranched alkanes of at least 4 members (excludes halogenated alkanes) is 1. The quantitative estimate of drug-likeness (QED) is 0.260. The Morgan fingerprint density at radius 3 is 2.33 bits per heavy atom. The Kier molecular flexibility index (Phi) is 6.53. The summed E-state index contributed by atoms with van der Waals surface area (Å²) in [6, 6.07) is 16.6. The first-order chi connectivity index (χ1) is 17.5. The van der Waals surface area contributed by atoms with Crippen LogP contribution >= 0.6 is 0 Å². The fourth-order valence-corrected chi connectivity index (χ4v) is 4.25. The van der Waals surface area contributed by atoms with E-state index < -0.39 is 0 Å². The summed E-state index contributed by atoms with van der Waals surface area (Å²) >= 11 is 0. The highest BCUT2D eigenvalue weighted by molar-refractivity contribution is 5.67. The van der Waals surface area contributed by atoms with Crippen molar-refractivity contribution in [2.45, 2.75) is 46.6 Å². The molecule has 0 unspecified atom stereocenters. The Labute approximate surface area is 209 Å². The highest BCUT2D eigenvalue weighted by atomic mass is 16.5.